The van der Waals surface area contributed by atoms with Crippen LogP contribution in [-0.2, 0) is 4.79 Å². The van der Waals surface area contributed by atoms with Crippen molar-refractivity contribution in [3.63, 3.8) is 0 Å². The van der Waals surface area contributed by atoms with Gasteiger partial charge >= 0.3 is 0 Å². The van der Waals surface area contributed by atoms with E-state index in [0.29, 0.717) is 12.3 Å². The first kappa shape index (κ1) is 11.7. The Hall–Kier alpha value is -1.30. The van der Waals surface area contributed by atoms with Gasteiger partial charge in [-0.15, -0.1) is 0 Å². The number of carbonyl (C=O) groups is 1. The number of carbonyl (C=O) groups excluding carboxylic acids is 1. The van der Waals surface area contributed by atoms with Gasteiger partial charge in [-0.25, -0.2) is 0 Å². The molecule has 0 aliphatic heterocycles. The quantitative estimate of drug-likeness (QED) is 0.468. The van der Waals surface area contributed by atoms with Gasteiger partial charge in [-0.1, -0.05) is 26.7 Å². The second-order valence-corrected chi connectivity index (χ2v) is 2.97. The van der Waals surface area contributed by atoms with Crippen LogP contribution in [0.25, 0.3) is 0 Å². The lowest BCUT2D eigenvalue weighted by Gasteiger charge is -2.14. The molecule has 0 N–H and O–H groups in total. The van der Waals surface area contributed by atoms with Crippen LogP contribution in [0.1, 0.15) is 33.1 Å². The van der Waals surface area contributed by atoms with E-state index in [2.05, 4.69) is 0 Å². The van der Waals surface area contributed by atoms with Gasteiger partial charge in [0.05, 0.1) is 12.0 Å². The molecular weight excluding hydrogens is 166 g/mol. The maximum Gasteiger partial charge on any atom is 0.0915 e. The zero-order valence-corrected chi connectivity index (χ0v) is 8.04. The summed E-state index contributed by atoms with van der Waals surface area (Å²) in [6.45, 7) is 4.01. The number of rotatable bonds is 5. The zero-order chi connectivity index (χ0) is 10.3. The number of nitriles is 1. The Labute approximate surface area is 78.7 Å². The average molecular weight is 180 g/mol. The highest BCUT2D eigenvalue weighted by molar-refractivity contribution is 5.85. The van der Waals surface area contributed by atoms with Crippen molar-refractivity contribution in [2.75, 3.05) is 0 Å². The summed E-state index contributed by atoms with van der Waals surface area (Å²) < 4.78 is 0. The largest absolute Gasteiger partial charge is 0.545 e. The third-order valence-electron chi connectivity index (χ3n) is 2.16. The monoisotopic (exact) mass is 180 g/mol. The highest BCUT2D eigenvalue weighted by Crippen LogP contribution is 2.17. The number of aliphatic carboxylic acids is 1. The Morgan fingerprint density at radius 3 is 2.38 bits per heavy atom. The van der Waals surface area contributed by atoms with Crippen molar-refractivity contribution < 1.29 is 9.90 Å². The predicted molar refractivity (Wildman–Crippen MR) is 47.4 cm³/mol. The minimum Gasteiger partial charge on any atom is -0.545 e. The molecule has 0 aromatic rings. The van der Waals surface area contributed by atoms with Crippen molar-refractivity contribution >= 4 is 5.97 Å². The molecule has 0 aliphatic rings. The van der Waals surface area contributed by atoms with E-state index in [1.807, 2.05) is 13.8 Å². The Bertz CT molecular complexity index is 234. The molecule has 0 aromatic heterocycles. The molecule has 3 nitrogen and oxygen atoms in total. The van der Waals surface area contributed by atoms with Crippen LogP contribution in [0.5, 0.6) is 0 Å². The van der Waals surface area contributed by atoms with Gasteiger partial charge in [-0.3, -0.25) is 0 Å². The molecule has 0 spiro atoms. The second-order valence-electron chi connectivity index (χ2n) is 2.97. The zero-order valence-electron chi connectivity index (χ0n) is 8.04. The Morgan fingerprint density at radius 1 is 1.54 bits per heavy atom. The summed E-state index contributed by atoms with van der Waals surface area (Å²) in [4.78, 5) is 10.5. The summed E-state index contributed by atoms with van der Waals surface area (Å²) in [6, 6.07) is 1.72. The molecule has 13 heavy (non-hydrogen) atoms. The molecule has 0 radical (unpaired) electrons. The van der Waals surface area contributed by atoms with Crippen LogP contribution in [-0.4, -0.2) is 5.97 Å². The van der Waals surface area contributed by atoms with Gasteiger partial charge in [0, 0.05) is 6.08 Å². The van der Waals surface area contributed by atoms with Gasteiger partial charge < -0.3 is 9.90 Å². The van der Waals surface area contributed by atoms with Crippen molar-refractivity contribution in [3.8, 4) is 6.07 Å². The van der Waals surface area contributed by atoms with Crippen LogP contribution in [0, 0.1) is 17.2 Å². The van der Waals surface area contributed by atoms with Gasteiger partial charge in [-0.2, -0.15) is 5.26 Å². The summed E-state index contributed by atoms with van der Waals surface area (Å²) in [5, 5.41) is 18.9. The first-order valence-electron chi connectivity index (χ1n) is 4.45. The summed E-state index contributed by atoms with van der Waals surface area (Å²) in [5.74, 6) is -0.897. The standard InChI is InChI=1S/C10H15NO2/c1-3-8(4-2)7-9(5-6-11)10(12)13/h5,8H,3-4,7H2,1-2H3,(H,12,13)/p-1/b9-5-. The molecule has 0 aromatic carbocycles. The number of carboxylic acid groups (broad SMARTS) is 1. The third kappa shape index (κ3) is 4.32. The number of allylic oxidation sites excluding steroid dienone is 1. The topological polar surface area (TPSA) is 63.9 Å². The van der Waals surface area contributed by atoms with E-state index < -0.39 is 5.97 Å². The molecule has 0 aliphatic carbocycles. The average Bonchev–Trinajstić information content (AvgIpc) is 2.11. The van der Waals surface area contributed by atoms with Gasteiger partial charge in [0.15, 0.2) is 0 Å². The molecule has 0 rings (SSSR count). The Kier molecular flexibility index (Phi) is 5.62. The van der Waals surface area contributed by atoms with Crippen LogP contribution in [0.15, 0.2) is 11.6 Å². The predicted octanol–water partition coefficient (Wildman–Crippen LogP) is 1.01. The van der Waals surface area contributed by atoms with Gasteiger partial charge in [-0.05, 0) is 17.9 Å². The molecule has 0 atom stereocenters. The summed E-state index contributed by atoms with van der Waals surface area (Å²) in [6.07, 6.45) is 3.34. The van der Waals surface area contributed by atoms with E-state index in [9.17, 15) is 9.90 Å². The lowest BCUT2D eigenvalue weighted by Crippen LogP contribution is -2.25. The van der Waals surface area contributed by atoms with Crippen LogP contribution >= 0.6 is 0 Å². The van der Waals surface area contributed by atoms with Crippen molar-refractivity contribution in [1.29, 1.82) is 5.26 Å². The first-order chi connectivity index (χ1) is 6.15. The molecule has 0 amide bonds. The van der Waals surface area contributed by atoms with E-state index >= 15 is 0 Å². The molecule has 0 saturated carbocycles. The van der Waals surface area contributed by atoms with Crippen LogP contribution in [0.2, 0.25) is 0 Å². The normalized spacial score (nSPS) is 11.4. The molecular formula is C10H14NO2-. The SMILES string of the molecule is CCC(CC)C/C(=C/C#N)C(=O)[O-]. The van der Waals surface area contributed by atoms with Gasteiger partial charge in [0.1, 0.15) is 0 Å². The Balaban J connectivity index is 4.36. The molecule has 0 saturated heterocycles. The van der Waals surface area contributed by atoms with Crippen LogP contribution < -0.4 is 5.11 Å². The first-order valence-corrected chi connectivity index (χ1v) is 4.45. The van der Waals surface area contributed by atoms with Gasteiger partial charge in [0.2, 0.25) is 0 Å². The maximum absolute atomic E-state index is 10.5. The molecule has 0 fully saturated rings. The minimum absolute atomic E-state index is 0.108. The molecule has 0 heterocycles. The lowest BCUT2D eigenvalue weighted by atomic mass is 9.94. The van der Waals surface area contributed by atoms with E-state index in [0.717, 1.165) is 18.9 Å². The van der Waals surface area contributed by atoms with Crippen molar-refractivity contribution in [3.05, 3.63) is 11.6 Å². The number of nitrogens with zero attached hydrogens (tertiary/aromatic N) is 1. The molecule has 0 bridgehead atoms. The van der Waals surface area contributed by atoms with Gasteiger partial charge in [0.25, 0.3) is 0 Å². The van der Waals surface area contributed by atoms with E-state index in [4.69, 9.17) is 5.26 Å². The smallest absolute Gasteiger partial charge is 0.0915 e. The minimum atomic E-state index is -1.23. The van der Waals surface area contributed by atoms with Crippen LogP contribution in [0.4, 0.5) is 0 Å². The fraction of sp³-hybridized carbons (Fsp3) is 0.600. The van der Waals surface area contributed by atoms with E-state index in [1.54, 1.807) is 6.07 Å². The molecule has 0 unspecified atom stereocenters. The third-order valence-corrected chi connectivity index (χ3v) is 2.16. The fourth-order valence-electron chi connectivity index (χ4n) is 1.17. The number of carboxylic acids is 1. The van der Waals surface area contributed by atoms with Crippen molar-refractivity contribution in [2.24, 2.45) is 5.92 Å². The molecule has 3 heteroatoms. The Morgan fingerprint density at radius 2 is 2.08 bits per heavy atom. The van der Waals surface area contributed by atoms with E-state index in [1.165, 1.54) is 0 Å². The van der Waals surface area contributed by atoms with Crippen LogP contribution in [0.3, 0.4) is 0 Å². The fourth-order valence-corrected chi connectivity index (χ4v) is 1.17. The molecule has 72 valence electrons. The highest BCUT2D eigenvalue weighted by atomic mass is 16.4. The van der Waals surface area contributed by atoms with E-state index in [-0.39, 0.29) is 5.57 Å². The summed E-state index contributed by atoms with van der Waals surface area (Å²) in [5.41, 5.74) is 0.108. The van der Waals surface area contributed by atoms with Crippen molar-refractivity contribution in [2.45, 2.75) is 33.1 Å². The number of hydrogen-bond donors (Lipinski definition) is 0. The highest BCUT2D eigenvalue weighted by Gasteiger charge is 2.07. The summed E-state index contributed by atoms with van der Waals surface area (Å²) in [7, 11) is 0. The lowest BCUT2D eigenvalue weighted by molar-refractivity contribution is -0.299. The second kappa shape index (κ2) is 6.24. The summed E-state index contributed by atoms with van der Waals surface area (Å²) >= 11 is 0. The maximum atomic E-state index is 10.5. The van der Waals surface area contributed by atoms with Crippen molar-refractivity contribution in [1.82, 2.24) is 0 Å². The number of hydrogen-bond acceptors (Lipinski definition) is 3.